The van der Waals surface area contributed by atoms with E-state index in [0.717, 1.165) is 12.8 Å². The van der Waals surface area contributed by atoms with Crippen LogP contribution in [-0.4, -0.2) is 71.8 Å². The number of Topliss-reactive ketones (excluding diaryl/α,β-unsaturated/α-hetero) is 1. The third kappa shape index (κ3) is 7.99. The molecule has 0 spiro atoms. The van der Waals surface area contributed by atoms with E-state index in [1.807, 2.05) is 0 Å². The third-order valence-electron chi connectivity index (χ3n) is 7.06. The van der Waals surface area contributed by atoms with Crippen molar-refractivity contribution in [2.45, 2.75) is 63.2 Å². The summed E-state index contributed by atoms with van der Waals surface area (Å²) in [5.74, 6) is 0.695. The maximum atomic E-state index is 13.0. The molecule has 0 saturated carbocycles. The highest BCUT2D eigenvalue weighted by Gasteiger charge is 2.29. The molecule has 38 heavy (non-hydrogen) atoms. The first kappa shape index (κ1) is 28.0. The maximum absolute atomic E-state index is 13.0. The van der Waals surface area contributed by atoms with Crippen LogP contribution in [0.5, 0.6) is 11.5 Å². The van der Waals surface area contributed by atoms with E-state index in [-0.39, 0.29) is 17.5 Å². The van der Waals surface area contributed by atoms with E-state index in [2.05, 4.69) is 10.2 Å². The summed E-state index contributed by atoms with van der Waals surface area (Å²) >= 11 is 0. The second kappa shape index (κ2) is 13.7. The van der Waals surface area contributed by atoms with Crippen LogP contribution in [0.25, 0.3) is 0 Å². The van der Waals surface area contributed by atoms with Crippen LogP contribution >= 0.6 is 0 Å². The van der Waals surface area contributed by atoms with Crippen LogP contribution in [0.3, 0.4) is 0 Å². The van der Waals surface area contributed by atoms with Crippen molar-refractivity contribution < 1.29 is 33.7 Å². The quantitative estimate of drug-likeness (QED) is 0.270. The van der Waals surface area contributed by atoms with Gasteiger partial charge >= 0.3 is 0 Å². The number of benzene rings is 2. The SMILES string of the molecule is O=C(CCCCCCC(=O)c1ccc(F)cc1)N[C@H](CN1CC[C@H](O)C1)[C@H](O)c1ccc2c(c1)OCCO2. The van der Waals surface area contributed by atoms with E-state index in [1.54, 1.807) is 18.2 Å². The van der Waals surface area contributed by atoms with Crippen molar-refractivity contribution in [1.29, 1.82) is 0 Å². The van der Waals surface area contributed by atoms with Gasteiger partial charge in [-0.15, -0.1) is 0 Å². The number of likely N-dealkylation sites (tertiary alicyclic amines) is 1. The molecule has 2 heterocycles. The number of rotatable bonds is 13. The largest absolute Gasteiger partial charge is 0.486 e. The number of ether oxygens (including phenoxy) is 2. The zero-order valence-electron chi connectivity index (χ0n) is 21.6. The Morgan fingerprint density at radius 1 is 1.00 bits per heavy atom. The number of hydrogen-bond donors (Lipinski definition) is 3. The highest BCUT2D eigenvalue weighted by molar-refractivity contribution is 5.95. The number of aliphatic hydroxyl groups excluding tert-OH is 2. The summed E-state index contributed by atoms with van der Waals surface area (Å²) in [5.41, 5.74) is 1.14. The van der Waals surface area contributed by atoms with Crippen LogP contribution in [0.2, 0.25) is 0 Å². The fraction of sp³-hybridized carbons (Fsp3) is 0.517. The van der Waals surface area contributed by atoms with Gasteiger partial charge in [0.15, 0.2) is 17.3 Å². The minimum atomic E-state index is -0.954. The van der Waals surface area contributed by atoms with Crippen molar-refractivity contribution in [3.63, 3.8) is 0 Å². The lowest BCUT2D eigenvalue weighted by Crippen LogP contribution is -2.47. The standard InChI is InChI=1S/C29H37FN2O6/c30-22-10-7-20(8-11-22)25(34)5-3-1-2-4-6-28(35)31-24(19-32-14-13-23(33)18-32)29(36)21-9-12-26-27(17-21)38-16-15-37-26/h7-12,17,23-24,29,33,36H,1-6,13-16,18-19H2,(H,31,35)/t23-,24+,29+/m0/s1. The van der Waals surface area contributed by atoms with E-state index < -0.39 is 18.2 Å². The normalized spacial score (nSPS) is 18.7. The van der Waals surface area contributed by atoms with Gasteiger partial charge in [-0.3, -0.25) is 14.5 Å². The Kier molecular flexibility index (Phi) is 10.1. The van der Waals surface area contributed by atoms with Crippen LogP contribution in [0.1, 0.15) is 67.0 Å². The highest BCUT2D eigenvalue weighted by atomic mass is 19.1. The molecule has 2 aromatic carbocycles. The van der Waals surface area contributed by atoms with Gasteiger partial charge in [0.1, 0.15) is 25.1 Å². The van der Waals surface area contributed by atoms with Crippen LogP contribution < -0.4 is 14.8 Å². The van der Waals surface area contributed by atoms with Gasteiger partial charge in [0.25, 0.3) is 0 Å². The molecule has 1 fully saturated rings. The first-order valence-corrected chi connectivity index (χ1v) is 13.4. The van der Waals surface area contributed by atoms with Crippen molar-refractivity contribution in [1.82, 2.24) is 10.2 Å². The number of aliphatic hydroxyl groups is 2. The van der Waals surface area contributed by atoms with Crippen molar-refractivity contribution in [3.05, 3.63) is 59.4 Å². The summed E-state index contributed by atoms with van der Waals surface area (Å²) in [6.07, 6.45) is 3.03. The summed E-state index contributed by atoms with van der Waals surface area (Å²) in [4.78, 5) is 27.0. The minimum absolute atomic E-state index is 0.00857. The molecule has 1 amide bonds. The molecule has 2 aliphatic heterocycles. The Hall–Kier alpha value is -3.01. The van der Waals surface area contributed by atoms with Crippen molar-refractivity contribution in [2.75, 3.05) is 32.8 Å². The lowest BCUT2D eigenvalue weighted by atomic mass is 10.00. The van der Waals surface area contributed by atoms with Crippen LogP contribution in [0, 0.1) is 5.82 Å². The topological polar surface area (TPSA) is 108 Å². The van der Waals surface area contributed by atoms with E-state index in [4.69, 9.17) is 9.47 Å². The Morgan fingerprint density at radius 2 is 1.71 bits per heavy atom. The van der Waals surface area contributed by atoms with Crippen molar-refractivity contribution in [2.24, 2.45) is 0 Å². The molecule has 0 radical (unpaired) electrons. The first-order chi connectivity index (χ1) is 18.4. The number of hydrogen-bond acceptors (Lipinski definition) is 7. The Labute approximate surface area is 222 Å². The first-order valence-electron chi connectivity index (χ1n) is 13.4. The maximum Gasteiger partial charge on any atom is 0.220 e. The van der Waals surface area contributed by atoms with Gasteiger partial charge in [-0.25, -0.2) is 4.39 Å². The number of nitrogens with zero attached hydrogens (tertiary/aromatic N) is 1. The lowest BCUT2D eigenvalue weighted by Gasteiger charge is -2.29. The molecular weight excluding hydrogens is 491 g/mol. The zero-order chi connectivity index (χ0) is 26.9. The van der Waals surface area contributed by atoms with Crippen LogP contribution in [-0.2, 0) is 4.79 Å². The summed E-state index contributed by atoms with van der Waals surface area (Å²) in [7, 11) is 0. The van der Waals surface area contributed by atoms with Gasteiger partial charge in [-0.05, 0) is 61.2 Å². The van der Waals surface area contributed by atoms with E-state index in [1.165, 1.54) is 24.3 Å². The monoisotopic (exact) mass is 528 g/mol. The summed E-state index contributed by atoms with van der Waals surface area (Å²) in [6, 6.07) is 10.3. The smallest absolute Gasteiger partial charge is 0.220 e. The summed E-state index contributed by atoms with van der Waals surface area (Å²) < 4.78 is 24.2. The highest BCUT2D eigenvalue weighted by Crippen LogP contribution is 2.33. The van der Waals surface area contributed by atoms with E-state index >= 15 is 0 Å². The van der Waals surface area contributed by atoms with E-state index in [9.17, 15) is 24.2 Å². The molecule has 3 atom stereocenters. The van der Waals surface area contributed by atoms with Crippen LogP contribution in [0.4, 0.5) is 4.39 Å². The minimum Gasteiger partial charge on any atom is -0.486 e. The zero-order valence-corrected chi connectivity index (χ0v) is 21.6. The number of ketones is 1. The number of halogens is 1. The second-order valence-corrected chi connectivity index (χ2v) is 10.1. The molecule has 206 valence electrons. The predicted molar refractivity (Wildman–Crippen MR) is 140 cm³/mol. The number of carbonyl (C=O) groups excluding carboxylic acids is 2. The molecule has 8 nitrogen and oxygen atoms in total. The van der Waals surface area contributed by atoms with Gasteiger partial charge in [-0.1, -0.05) is 18.9 Å². The van der Waals surface area contributed by atoms with Gasteiger partial charge in [0.2, 0.25) is 5.91 Å². The number of β-amino-alcohol motifs (C(OH)–C–C–N with tert-alkyl or cyclic N) is 1. The fourth-order valence-electron chi connectivity index (χ4n) is 4.94. The summed E-state index contributed by atoms with van der Waals surface area (Å²) in [6.45, 7) is 2.56. The molecule has 2 aliphatic rings. The van der Waals surface area contributed by atoms with Gasteiger partial charge in [0, 0.05) is 38.0 Å². The Balaban J connectivity index is 1.24. The lowest BCUT2D eigenvalue weighted by molar-refractivity contribution is -0.123. The Bertz CT molecular complexity index is 1080. The number of carbonyl (C=O) groups is 2. The number of nitrogens with one attached hydrogen (secondary N) is 1. The van der Waals surface area contributed by atoms with Gasteiger partial charge in [0.05, 0.1) is 12.1 Å². The molecular formula is C29H37FN2O6. The molecule has 0 bridgehead atoms. The third-order valence-corrected chi connectivity index (χ3v) is 7.06. The molecule has 0 aromatic heterocycles. The molecule has 3 N–H and O–H groups in total. The molecule has 0 aliphatic carbocycles. The van der Waals surface area contributed by atoms with Crippen LogP contribution in [0.15, 0.2) is 42.5 Å². The van der Waals surface area contributed by atoms with Crippen molar-refractivity contribution in [3.8, 4) is 11.5 Å². The average molecular weight is 529 g/mol. The average Bonchev–Trinajstić information content (AvgIpc) is 3.34. The predicted octanol–water partition coefficient (Wildman–Crippen LogP) is 3.41. The molecule has 4 rings (SSSR count). The molecule has 0 unspecified atom stereocenters. The fourth-order valence-corrected chi connectivity index (χ4v) is 4.94. The Morgan fingerprint density at radius 3 is 2.42 bits per heavy atom. The number of amides is 1. The van der Waals surface area contributed by atoms with Gasteiger partial charge in [-0.2, -0.15) is 0 Å². The number of unbranched alkanes of at least 4 members (excludes halogenated alkanes) is 3. The number of fused-ring (bicyclic) bond motifs is 1. The summed E-state index contributed by atoms with van der Waals surface area (Å²) in [5, 5.41) is 24.1. The molecule has 1 saturated heterocycles. The van der Waals surface area contributed by atoms with Crippen molar-refractivity contribution >= 4 is 11.7 Å². The molecule has 2 aromatic rings. The van der Waals surface area contributed by atoms with E-state index in [0.29, 0.717) is 87.6 Å². The second-order valence-electron chi connectivity index (χ2n) is 10.1. The van der Waals surface area contributed by atoms with Gasteiger partial charge < -0.3 is 25.0 Å². The molecule has 9 heteroatoms.